The van der Waals surface area contributed by atoms with Gasteiger partial charge < -0.3 is 10.1 Å². The Labute approximate surface area is 123 Å². The maximum Gasteiger partial charge on any atom is 0.124 e. The molecule has 0 saturated carbocycles. The molecule has 1 atom stereocenters. The van der Waals surface area contributed by atoms with Crippen LogP contribution in [0.4, 0.5) is 4.39 Å². The maximum absolute atomic E-state index is 13.1. The fraction of sp³-hybridized carbons (Fsp3) is 0.250. The Morgan fingerprint density at radius 1 is 1.25 bits per heavy atom. The van der Waals surface area contributed by atoms with Gasteiger partial charge in [0.15, 0.2) is 0 Å². The predicted molar refractivity (Wildman–Crippen MR) is 79.9 cm³/mol. The van der Waals surface area contributed by atoms with Crippen molar-refractivity contribution < 1.29 is 9.13 Å². The molecule has 0 spiro atoms. The Bertz CT molecular complexity index is 588. The van der Waals surface area contributed by atoms with Gasteiger partial charge in [-0.3, -0.25) is 0 Å². The second-order valence-corrected chi connectivity index (χ2v) is 4.96. The fourth-order valence-electron chi connectivity index (χ4n) is 2.15. The largest absolute Gasteiger partial charge is 0.497 e. The van der Waals surface area contributed by atoms with Crippen molar-refractivity contribution in [2.45, 2.75) is 12.5 Å². The average Bonchev–Trinajstić information content (AvgIpc) is 2.46. The van der Waals surface area contributed by atoms with Crippen molar-refractivity contribution in [1.29, 1.82) is 0 Å². The van der Waals surface area contributed by atoms with E-state index in [0.717, 1.165) is 16.9 Å². The molecular formula is C16H17ClFNO. The van der Waals surface area contributed by atoms with Gasteiger partial charge in [-0.2, -0.15) is 0 Å². The van der Waals surface area contributed by atoms with Crippen LogP contribution in [0.25, 0.3) is 0 Å². The van der Waals surface area contributed by atoms with Crippen LogP contribution in [0, 0.1) is 5.82 Å². The number of hydrogen-bond donors (Lipinski definition) is 1. The first kappa shape index (κ1) is 14.8. The molecule has 20 heavy (non-hydrogen) atoms. The van der Waals surface area contributed by atoms with Crippen LogP contribution in [0.15, 0.2) is 42.5 Å². The van der Waals surface area contributed by atoms with Gasteiger partial charge in [0.2, 0.25) is 0 Å². The van der Waals surface area contributed by atoms with Crippen molar-refractivity contribution in [3.63, 3.8) is 0 Å². The molecule has 0 bridgehead atoms. The lowest BCUT2D eigenvalue weighted by atomic mass is 9.98. The molecule has 0 fully saturated rings. The minimum Gasteiger partial charge on any atom is -0.497 e. The Hall–Kier alpha value is -1.58. The molecule has 1 unspecified atom stereocenters. The zero-order valence-electron chi connectivity index (χ0n) is 11.5. The van der Waals surface area contributed by atoms with Gasteiger partial charge in [0.25, 0.3) is 0 Å². The van der Waals surface area contributed by atoms with Gasteiger partial charge in [-0.25, -0.2) is 4.39 Å². The highest BCUT2D eigenvalue weighted by atomic mass is 35.5. The molecule has 2 rings (SSSR count). The summed E-state index contributed by atoms with van der Waals surface area (Å²) in [5.41, 5.74) is 2.02. The van der Waals surface area contributed by atoms with E-state index in [2.05, 4.69) is 5.32 Å². The summed E-state index contributed by atoms with van der Waals surface area (Å²) in [5.74, 6) is 0.495. The van der Waals surface area contributed by atoms with Crippen LogP contribution in [-0.4, -0.2) is 14.2 Å². The summed E-state index contributed by atoms with van der Waals surface area (Å²) in [7, 11) is 3.53. The van der Waals surface area contributed by atoms with Crippen LogP contribution in [0.3, 0.4) is 0 Å². The van der Waals surface area contributed by atoms with Crippen molar-refractivity contribution in [3.8, 4) is 5.75 Å². The number of benzene rings is 2. The zero-order valence-corrected chi connectivity index (χ0v) is 12.2. The topological polar surface area (TPSA) is 21.3 Å². The third-order valence-corrected chi connectivity index (χ3v) is 3.64. The SMILES string of the molecule is CNC(Cc1ccc(F)cc1Cl)c1cccc(OC)c1. The summed E-state index contributed by atoms with van der Waals surface area (Å²) < 4.78 is 18.3. The average molecular weight is 294 g/mol. The molecule has 0 aromatic heterocycles. The summed E-state index contributed by atoms with van der Waals surface area (Å²) >= 11 is 6.08. The van der Waals surface area contributed by atoms with Crippen LogP contribution < -0.4 is 10.1 Å². The second-order valence-electron chi connectivity index (χ2n) is 4.56. The highest BCUT2D eigenvalue weighted by Crippen LogP contribution is 2.26. The Morgan fingerprint density at radius 2 is 2.05 bits per heavy atom. The highest BCUT2D eigenvalue weighted by molar-refractivity contribution is 6.31. The third kappa shape index (κ3) is 3.50. The van der Waals surface area contributed by atoms with E-state index in [1.807, 2.05) is 31.3 Å². The van der Waals surface area contributed by atoms with Gasteiger partial charge in [-0.15, -0.1) is 0 Å². The molecule has 2 aromatic carbocycles. The second kappa shape index (κ2) is 6.73. The predicted octanol–water partition coefficient (Wildman–Crippen LogP) is 3.99. The minimum atomic E-state index is -0.318. The standard InChI is InChI=1S/C16H17ClFNO/c1-19-16(12-4-3-5-14(8-12)20-2)9-11-6-7-13(18)10-15(11)17/h3-8,10,16,19H,9H2,1-2H3. The summed E-state index contributed by atoms with van der Waals surface area (Å²) in [4.78, 5) is 0. The summed E-state index contributed by atoms with van der Waals surface area (Å²) in [6, 6.07) is 12.5. The van der Waals surface area contributed by atoms with E-state index in [0.29, 0.717) is 11.4 Å². The minimum absolute atomic E-state index is 0.0908. The number of hydrogen-bond acceptors (Lipinski definition) is 2. The van der Waals surface area contributed by atoms with Crippen molar-refractivity contribution in [2.24, 2.45) is 0 Å². The number of halogens is 2. The van der Waals surface area contributed by atoms with Crippen molar-refractivity contribution in [3.05, 3.63) is 64.4 Å². The highest BCUT2D eigenvalue weighted by Gasteiger charge is 2.13. The van der Waals surface area contributed by atoms with Crippen LogP contribution in [0.5, 0.6) is 5.75 Å². The van der Waals surface area contributed by atoms with Gasteiger partial charge in [0.05, 0.1) is 7.11 Å². The maximum atomic E-state index is 13.1. The molecular weight excluding hydrogens is 277 g/mol. The number of methoxy groups -OCH3 is 1. The molecule has 1 N–H and O–H groups in total. The summed E-state index contributed by atoms with van der Waals surface area (Å²) in [6.07, 6.45) is 0.683. The monoisotopic (exact) mass is 293 g/mol. The quantitative estimate of drug-likeness (QED) is 0.900. The lowest BCUT2D eigenvalue weighted by Crippen LogP contribution is -2.19. The fourth-order valence-corrected chi connectivity index (χ4v) is 2.40. The molecule has 106 valence electrons. The van der Waals surface area contributed by atoms with Gasteiger partial charge in [0.1, 0.15) is 11.6 Å². The smallest absolute Gasteiger partial charge is 0.124 e. The first-order valence-corrected chi connectivity index (χ1v) is 6.77. The molecule has 0 amide bonds. The van der Waals surface area contributed by atoms with Gasteiger partial charge >= 0.3 is 0 Å². The first-order valence-electron chi connectivity index (χ1n) is 6.39. The van der Waals surface area contributed by atoms with Crippen molar-refractivity contribution >= 4 is 11.6 Å². The van der Waals surface area contributed by atoms with Gasteiger partial charge in [0, 0.05) is 11.1 Å². The molecule has 0 radical (unpaired) electrons. The van der Waals surface area contributed by atoms with Crippen molar-refractivity contribution in [2.75, 3.05) is 14.2 Å². The molecule has 0 aliphatic rings. The third-order valence-electron chi connectivity index (χ3n) is 3.28. The van der Waals surface area contributed by atoms with E-state index in [-0.39, 0.29) is 11.9 Å². The molecule has 0 saturated heterocycles. The van der Waals surface area contributed by atoms with Crippen LogP contribution in [0.1, 0.15) is 17.2 Å². The molecule has 4 heteroatoms. The van der Waals surface area contributed by atoms with Gasteiger partial charge in [-0.1, -0.05) is 29.8 Å². The first-order chi connectivity index (χ1) is 9.63. The molecule has 0 aliphatic heterocycles. The Kier molecular flexibility index (Phi) is 4.99. The Balaban J connectivity index is 2.23. The zero-order chi connectivity index (χ0) is 14.5. The lowest BCUT2D eigenvalue weighted by molar-refractivity contribution is 0.413. The van der Waals surface area contributed by atoms with E-state index < -0.39 is 0 Å². The normalized spacial score (nSPS) is 12.2. The van der Waals surface area contributed by atoms with Gasteiger partial charge in [-0.05, 0) is 48.9 Å². The lowest BCUT2D eigenvalue weighted by Gasteiger charge is -2.18. The van der Waals surface area contributed by atoms with E-state index >= 15 is 0 Å². The Morgan fingerprint density at radius 3 is 2.70 bits per heavy atom. The van der Waals surface area contributed by atoms with Crippen LogP contribution in [0.2, 0.25) is 5.02 Å². The summed E-state index contributed by atoms with van der Waals surface area (Å²) in [6.45, 7) is 0. The number of nitrogens with one attached hydrogen (secondary N) is 1. The number of likely N-dealkylation sites (N-methyl/N-ethyl adjacent to an activating group) is 1. The molecule has 2 aromatic rings. The molecule has 0 aliphatic carbocycles. The molecule has 2 nitrogen and oxygen atoms in total. The van der Waals surface area contributed by atoms with Crippen LogP contribution >= 0.6 is 11.6 Å². The number of rotatable bonds is 5. The van der Waals surface area contributed by atoms with Crippen LogP contribution in [-0.2, 0) is 6.42 Å². The van der Waals surface area contributed by atoms with E-state index in [9.17, 15) is 4.39 Å². The van der Waals surface area contributed by atoms with Crippen molar-refractivity contribution in [1.82, 2.24) is 5.32 Å². The summed E-state index contributed by atoms with van der Waals surface area (Å²) in [5, 5.41) is 3.70. The molecule has 0 heterocycles. The van der Waals surface area contributed by atoms with E-state index in [1.165, 1.54) is 12.1 Å². The van der Waals surface area contributed by atoms with E-state index in [1.54, 1.807) is 13.2 Å². The van der Waals surface area contributed by atoms with E-state index in [4.69, 9.17) is 16.3 Å². The number of ether oxygens (including phenoxy) is 1.